The Morgan fingerprint density at radius 2 is 2.16 bits per heavy atom. The Bertz CT molecular complexity index is 770. The molecule has 2 N–H and O–H groups in total. The van der Waals surface area contributed by atoms with Crippen LogP contribution in [0.2, 0.25) is 0 Å². The highest BCUT2D eigenvalue weighted by Crippen LogP contribution is 2.24. The van der Waals surface area contributed by atoms with Crippen molar-refractivity contribution in [2.75, 3.05) is 25.0 Å². The van der Waals surface area contributed by atoms with E-state index < -0.39 is 0 Å². The van der Waals surface area contributed by atoms with Crippen LogP contribution >= 0.6 is 0 Å². The van der Waals surface area contributed by atoms with Gasteiger partial charge in [0.1, 0.15) is 5.82 Å². The molecule has 3 rings (SSSR count). The van der Waals surface area contributed by atoms with E-state index in [2.05, 4.69) is 30.5 Å². The largest absolute Gasteiger partial charge is 0.355 e. The van der Waals surface area contributed by atoms with Crippen LogP contribution in [-0.4, -0.2) is 51.6 Å². The van der Waals surface area contributed by atoms with Crippen LogP contribution in [0.25, 0.3) is 0 Å². The van der Waals surface area contributed by atoms with E-state index in [1.165, 1.54) is 0 Å². The van der Waals surface area contributed by atoms with Gasteiger partial charge in [-0.15, -0.1) is 0 Å². The molecule has 0 unspecified atom stereocenters. The number of nitrogens with one attached hydrogen (secondary N) is 2. The fourth-order valence-corrected chi connectivity index (χ4v) is 3.06. The lowest BCUT2D eigenvalue weighted by Gasteiger charge is -2.21. The number of hydrogen-bond acceptors (Lipinski definition) is 6. The van der Waals surface area contributed by atoms with Crippen LogP contribution in [0, 0.1) is 13.8 Å². The lowest BCUT2D eigenvalue weighted by molar-refractivity contribution is 0.0952. The first-order chi connectivity index (χ1) is 12.0. The molecule has 2 aromatic rings. The maximum absolute atomic E-state index is 11.9. The second-order valence-corrected chi connectivity index (χ2v) is 6.47. The van der Waals surface area contributed by atoms with Gasteiger partial charge in [0.2, 0.25) is 5.82 Å². The molecular formula is C17H25N7O. The molecule has 1 saturated heterocycles. The normalized spacial score (nSPS) is 17.1. The Kier molecular flexibility index (Phi) is 4.98. The van der Waals surface area contributed by atoms with Crippen LogP contribution in [-0.2, 0) is 13.6 Å². The molecule has 8 heteroatoms. The van der Waals surface area contributed by atoms with E-state index >= 15 is 0 Å². The maximum Gasteiger partial charge on any atom is 0.288 e. The molecule has 1 atom stereocenters. The van der Waals surface area contributed by atoms with Crippen molar-refractivity contribution in [3.05, 3.63) is 35.3 Å². The van der Waals surface area contributed by atoms with Crippen molar-refractivity contribution in [3.63, 3.8) is 0 Å². The van der Waals surface area contributed by atoms with Crippen LogP contribution in [0.1, 0.15) is 34.0 Å². The van der Waals surface area contributed by atoms with Gasteiger partial charge in [0.25, 0.3) is 5.91 Å². The maximum atomic E-state index is 11.9. The van der Waals surface area contributed by atoms with Gasteiger partial charge in [-0.3, -0.25) is 4.79 Å². The molecule has 0 aliphatic carbocycles. The van der Waals surface area contributed by atoms with E-state index in [0.717, 1.165) is 48.8 Å². The zero-order valence-electron chi connectivity index (χ0n) is 15.2. The number of hydrogen-bond donors (Lipinski definition) is 2. The van der Waals surface area contributed by atoms with Gasteiger partial charge in [0.05, 0.1) is 12.0 Å². The number of amides is 1. The smallest absolute Gasteiger partial charge is 0.288 e. The van der Waals surface area contributed by atoms with E-state index in [0.29, 0.717) is 6.04 Å². The first-order valence-electron chi connectivity index (χ1n) is 8.50. The SMILES string of the molecule is CNC(=O)c1nc(C)c(C)c(N2CC[C@@H](NCc3cncn3C)C2)n1. The third-order valence-electron chi connectivity index (χ3n) is 4.77. The molecule has 0 radical (unpaired) electrons. The van der Waals surface area contributed by atoms with Crippen LogP contribution in [0.3, 0.4) is 0 Å². The fourth-order valence-electron chi connectivity index (χ4n) is 3.06. The molecule has 8 nitrogen and oxygen atoms in total. The molecule has 0 spiro atoms. The van der Waals surface area contributed by atoms with Crippen LogP contribution in [0.5, 0.6) is 0 Å². The number of carbonyl (C=O) groups excluding carboxylic acids is 1. The Morgan fingerprint density at radius 3 is 2.84 bits per heavy atom. The number of rotatable bonds is 5. The van der Waals surface area contributed by atoms with Gasteiger partial charge in [-0.25, -0.2) is 15.0 Å². The van der Waals surface area contributed by atoms with Gasteiger partial charge in [0, 0.05) is 57.2 Å². The first-order valence-corrected chi connectivity index (χ1v) is 8.50. The Morgan fingerprint density at radius 1 is 1.36 bits per heavy atom. The minimum absolute atomic E-state index is 0.229. The third-order valence-corrected chi connectivity index (χ3v) is 4.77. The number of imidazole rings is 1. The minimum Gasteiger partial charge on any atom is -0.355 e. The quantitative estimate of drug-likeness (QED) is 0.825. The van der Waals surface area contributed by atoms with Gasteiger partial charge < -0.3 is 20.1 Å². The highest BCUT2D eigenvalue weighted by atomic mass is 16.2. The van der Waals surface area contributed by atoms with Gasteiger partial charge >= 0.3 is 0 Å². The summed E-state index contributed by atoms with van der Waals surface area (Å²) >= 11 is 0. The van der Waals surface area contributed by atoms with E-state index in [4.69, 9.17) is 0 Å². The van der Waals surface area contributed by atoms with Crippen molar-refractivity contribution in [1.29, 1.82) is 0 Å². The van der Waals surface area contributed by atoms with E-state index in [-0.39, 0.29) is 11.7 Å². The number of carbonyl (C=O) groups is 1. The van der Waals surface area contributed by atoms with Crippen LogP contribution in [0.4, 0.5) is 5.82 Å². The molecule has 1 fully saturated rings. The topological polar surface area (TPSA) is 88.0 Å². The second kappa shape index (κ2) is 7.18. The van der Waals surface area contributed by atoms with Crippen molar-refractivity contribution in [2.45, 2.75) is 32.9 Å². The average molecular weight is 343 g/mol. The van der Waals surface area contributed by atoms with Crippen molar-refractivity contribution in [2.24, 2.45) is 7.05 Å². The zero-order valence-corrected chi connectivity index (χ0v) is 15.2. The van der Waals surface area contributed by atoms with Gasteiger partial charge in [0.15, 0.2) is 0 Å². The summed E-state index contributed by atoms with van der Waals surface area (Å²) in [5.41, 5.74) is 3.03. The second-order valence-electron chi connectivity index (χ2n) is 6.47. The summed E-state index contributed by atoms with van der Waals surface area (Å²) < 4.78 is 2.02. The fraction of sp³-hybridized carbons (Fsp3) is 0.529. The molecule has 3 heterocycles. The molecule has 1 amide bonds. The molecule has 2 aromatic heterocycles. The van der Waals surface area contributed by atoms with E-state index in [9.17, 15) is 4.79 Å². The molecule has 134 valence electrons. The summed E-state index contributed by atoms with van der Waals surface area (Å²) in [6, 6.07) is 0.382. The summed E-state index contributed by atoms with van der Waals surface area (Å²) in [5, 5.41) is 6.17. The van der Waals surface area contributed by atoms with Gasteiger partial charge in [-0.2, -0.15) is 0 Å². The molecule has 1 aliphatic heterocycles. The summed E-state index contributed by atoms with van der Waals surface area (Å²) in [6.45, 7) is 6.49. The Hall–Kier alpha value is -2.48. The number of aromatic nitrogens is 4. The molecule has 25 heavy (non-hydrogen) atoms. The van der Waals surface area contributed by atoms with Crippen molar-refractivity contribution < 1.29 is 4.79 Å². The lowest BCUT2D eigenvalue weighted by Crippen LogP contribution is -2.33. The molecule has 1 aliphatic rings. The Labute approximate surface area is 147 Å². The van der Waals surface area contributed by atoms with Gasteiger partial charge in [-0.1, -0.05) is 0 Å². The molecular weight excluding hydrogens is 318 g/mol. The third kappa shape index (κ3) is 3.63. The summed E-state index contributed by atoms with van der Waals surface area (Å²) in [5.74, 6) is 0.831. The Balaban J connectivity index is 1.70. The summed E-state index contributed by atoms with van der Waals surface area (Å²) in [6.07, 6.45) is 4.73. The number of nitrogens with zero attached hydrogens (tertiary/aromatic N) is 5. The lowest BCUT2D eigenvalue weighted by atomic mass is 10.2. The van der Waals surface area contributed by atoms with E-state index in [1.54, 1.807) is 7.05 Å². The highest BCUT2D eigenvalue weighted by Gasteiger charge is 2.26. The monoisotopic (exact) mass is 343 g/mol. The molecule has 0 aromatic carbocycles. The summed E-state index contributed by atoms with van der Waals surface area (Å²) in [7, 11) is 3.59. The van der Waals surface area contributed by atoms with Gasteiger partial charge in [-0.05, 0) is 20.3 Å². The van der Waals surface area contributed by atoms with Crippen molar-refractivity contribution in [3.8, 4) is 0 Å². The predicted octanol–water partition coefficient (Wildman–Crippen LogP) is 0.555. The van der Waals surface area contributed by atoms with Crippen LogP contribution < -0.4 is 15.5 Å². The van der Waals surface area contributed by atoms with E-state index in [1.807, 2.05) is 38.0 Å². The van der Waals surface area contributed by atoms with Crippen molar-refractivity contribution in [1.82, 2.24) is 30.2 Å². The number of aryl methyl sites for hydroxylation is 2. The predicted molar refractivity (Wildman–Crippen MR) is 95.6 cm³/mol. The average Bonchev–Trinajstić information content (AvgIpc) is 3.23. The molecule has 0 saturated carbocycles. The standard InChI is InChI=1S/C17H25N7O/c1-11-12(2)21-15(17(25)18-3)22-16(11)24-6-5-13(9-24)20-8-14-7-19-10-23(14)4/h7,10,13,20H,5-6,8-9H2,1-4H3,(H,18,25)/t13-/m1/s1. The summed E-state index contributed by atoms with van der Waals surface area (Å²) in [4.78, 5) is 27.1. The van der Waals surface area contributed by atoms with Crippen molar-refractivity contribution >= 4 is 11.7 Å². The van der Waals surface area contributed by atoms with Crippen LogP contribution in [0.15, 0.2) is 12.5 Å². The number of anilines is 1. The highest BCUT2D eigenvalue weighted by molar-refractivity contribution is 5.90. The zero-order chi connectivity index (χ0) is 18.0. The minimum atomic E-state index is -0.255. The first kappa shape index (κ1) is 17.3. The molecule has 0 bridgehead atoms.